The average Bonchev–Trinajstić information content (AvgIpc) is 3.30. The summed E-state index contributed by atoms with van der Waals surface area (Å²) in [5.41, 5.74) is 0. The number of hydrogen-bond donors (Lipinski definition) is 0. The van der Waals surface area contributed by atoms with E-state index in [4.69, 9.17) is 14.2 Å². The number of carbonyl (C=O) groups excluding carboxylic acids is 3. The third kappa shape index (κ3) is 50.4. The van der Waals surface area contributed by atoms with E-state index in [9.17, 15) is 14.4 Å². The second kappa shape index (κ2) is 52.2. The largest absolute Gasteiger partial charge is 0.462 e. The first-order chi connectivity index (χ1) is 32.0. The summed E-state index contributed by atoms with van der Waals surface area (Å²) in [5, 5.41) is 0. The maximum atomic E-state index is 12.7. The van der Waals surface area contributed by atoms with Gasteiger partial charge in [-0.1, -0.05) is 206 Å². The second-order valence-corrected chi connectivity index (χ2v) is 16.3. The van der Waals surface area contributed by atoms with E-state index in [1.165, 1.54) is 6.42 Å². The third-order valence-corrected chi connectivity index (χ3v) is 10.1. The van der Waals surface area contributed by atoms with Crippen LogP contribution in [0.4, 0.5) is 0 Å². The van der Waals surface area contributed by atoms with E-state index in [1.807, 2.05) is 0 Å². The molecule has 0 saturated carbocycles. The van der Waals surface area contributed by atoms with E-state index in [2.05, 4.69) is 154 Å². The Morgan fingerprint density at radius 3 is 1.06 bits per heavy atom. The summed E-state index contributed by atoms with van der Waals surface area (Å²) in [5.74, 6) is -1.01. The highest BCUT2D eigenvalue weighted by molar-refractivity contribution is 5.71. The Bertz CT molecular complexity index is 1450. The van der Waals surface area contributed by atoms with Crippen LogP contribution in [0.5, 0.6) is 0 Å². The van der Waals surface area contributed by atoms with Gasteiger partial charge in [0.2, 0.25) is 0 Å². The molecular formula is C59H92O6. The number of allylic oxidation sites excluding steroid dienone is 22. The summed E-state index contributed by atoms with van der Waals surface area (Å²) in [4.78, 5) is 37.6. The Balaban J connectivity index is 4.27. The number of ether oxygens (including phenoxy) is 3. The van der Waals surface area contributed by atoms with Gasteiger partial charge in [-0.05, 0) is 109 Å². The quantitative estimate of drug-likeness (QED) is 0.0262. The first kappa shape index (κ1) is 60.5. The van der Waals surface area contributed by atoms with E-state index in [0.29, 0.717) is 19.3 Å². The molecule has 0 bridgehead atoms. The van der Waals surface area contributed by atoms with Gasteiger partial charge in [0.1, 0.15) is 13.2 Å². The SMILES string of the molecule is CC/C=C\C/C=C\C/C=C\C/C=C\C/C=C\C/C=C\C/C=C\C/C=C\C/C=C\CCCC(=O)OCC(COC(=O)CCCCCCC)OC(=O)CCCCCCC/C=C\C/C=C\CCC. The maximum absolute atomic E-state index is 12.7. The first-order valence-corrected chi connectivity index (χ1v) is 25.7. The van der Waals surface area contributed by atoms with Crippen molar-refractivity contribution in [2.24, 2.45) is 0 Å². The minimum Gasteiger partial charge on any atom is -0.462 e. The van der Waals surface area contributed by atoms with Crippen LogP contribution in [0.3, 0.4) is 0 Å². The summed E-state index contributed by atoms with van der Waals surface area (Å²) in [6.07, 6.45) is 73.4. The third-order valence-electron chi connectivity index (χ3n) is 10.1. The molecule has 6 nitrogen and oxygen atoms in total. The minimum atomic E-state index is -0.808. The van der Waals surface area contributed by atoms with Gasteiger partial charge in [-0.2, -0.15) is 0 Å². The summed E-state index contributed by atoms with van der Waals surface area (Å²) in [7, 11) is 0. The molecule has 0 aromatic carbocycles. The van der Waals surface area contributed by atoms with E-state index in [-0.39, 0.29) is 37.5 Å². The molecule has 0 saturated heterocycles. The van der Waals surface area contributed by atoms with Crippen molar-refractivity contribution in [3.8, 4) is 0 Å². The standard InChI is InChI=1S/C59H92O6/c1-4-7-10-13-15-17-19-21-22-23-24-25-26-27-28-29-30-31-32-33-34-35-36-38-39-41-43-46-49-52-58(61)64-55-56(54-63-57(60)51-48-45-12-9-6-3)65-59(62)53-50-47-44-42-40-37-20-18-16-14-11-8-5-2/h7,10-11,14-15,17-18,20-22,24-25,27-28,30-31,33-34,36,38,41,43,56H,4-6,8-9,12-13,16,19,23,26,29,32,35,37,39-40,42,44-55H2,1-3H3/b10-7-,14-11-,17-15-,20-18-,22-21-,25-24-,28-27-,31-30-,34-33-,38-36-,43-41-. The van der Waals surface area contributed by atoms with Crippen LogP contribution in [0.25, 0.3) is 0 Å². The van der Waals surface area contributed by atoms with Crippen LogP contribution in [0.1, 0.15) is 201 Å². The number of carbonyl (C=O) groups is 3. The Kier molecular flexibility index (Phi) is 48.6. The molecule has 0 aliphatic heterocycles. The maximum Gasteiger partial charge on any atom is 0.306 e. The molecule has 0 fully saturated rings. The van der Waals surface area contributed by atoms with Gasteiger partial charge in [-0.15, -0.1) is 0 Å². The molecule has 0 amide bonds. The molecule has 0 rings (SSSR count). The minimum absolute atomic E-state index is 0.107. The lowest BCUT2D eigenvalue weighted by molar-refractivity contribution is -0.167. The Labute approximate surface area is 398 Å². The molecule has 0 aromatic heterocycles. The van der Waals surface area contributed by atoms with Gasteiger partial charge in [-0.25, -0.2) is 0 Å². The number of rotatable bonds is 44. The van der Waals surface area contributed by atoms with E-state index in [0.717, 1.165) is 148 Å². The van der Waals surface area contributed by atoms with Gasteiger partial charge in [0.05, 0.1) is 0 Å². The molecule has 1 unspecified atom stereocenters. The van der Waals surface area contributed by atoms with Crippen LogP contribution in [0.15, 0.2) is 134 Å². The Hall–Kier alpha value is -4.45. The van der Waals surface area contributed by atoms with Crippen LogP contribution in [-0.2, 0) is 28.6 Å². The van der Waals surface area contributed by atoms with Gasteiger partial charge >= 0.3 is 17.9 Å². The zero-order valence-corrected chi connectivity index (χ0v) is 41.4. The lowest BCUT2D eigenvalue weighted by Gasteiger charge is -2.18. The molecule has 6 heteroatoms. The van der Waals surface area contributed by atoms with Gasteiger partial charge in [0.15, 0.2) is 6.10 Å². The van der Waals surface area contributed by atoms with Gasteiger partial charge in [0.25, 0.3) is 0 Å². The molecule has 0 spiro atoms. The summed E-state index contributed by atoms with van der Waals surface area (Å²) in [6.45, 7) is 6.28. The van der Waals surface area contributed by atoms with Crippen molar-refractivity contribution < 1.29 is 28.6 Å². The molecule has 0 aromatic rings. The molecule has 1 atom stereocenters. The topological polar surface area (TPSA) is 78.9 Å². The van der Waals surface area contributed by atoms with E-state index in [1.54, 1.807) is 0 Å². The molecule has 65 heavy (non-hydrogen) atoms. The Morgan fingerprint density at radius 1 is 0.323 bits per heavy atom. The fourth-order valence-electron chi connectivity index (χ4n) is 6.30. The van der Waals surface area contributed by atoms with Crippen LogP contribution >= 0.6 is 0 Å². The molecular weight excluding hydrogens is 805 g/mol. The highest BCUT2D eigenvalue weighted by atomic mass is 16.6. The number of unbranched alkanes of at least 4 members (excludes halogenated alkanes) is 11. The normalized spacial score (nSPS) is 13.2. The monoisotopic (exact) mass is 897 g/mol. The van der Waals surface area contributed by atoms with Crippen molar-refractivity contribution in [3.05, 3.63) is 134 Å². The van der Waals surface area contributed by atoms with Gasteiger partial charge < -0.3 is 14.2 Å². The van der Waals surface area contributed by atoms with Crippen LogP contribution < -0.4 is 0 Å². The summed E-state index contributed by atoms with van der Waals surface area (Å²) < 4.78 is 16.6. The lowest BCUT2D eigenvalue weighted by atomic mass is 10.1. The van der Waals surface area contributed by atoms with Crippen molar-refractivity contribution in [2.45, 2.75) is 207 Å². The van der Waals surface area contributed by atoms with Crippen molar-refractivity contribution in [3.63, 3.8) is 0 Å². The fourth-order valence-corrected chi connectivity index (χ4v) is 6.30. The number of esters is 3. The predicted molar refractivity (Wildman–Crippen MR) is 279 cm³/mol. The molecule has 0 aliphatic carbocycles. The molecule has 0 aliphatic rings. The van der Waals surface area contributed by atoms with Crippen molar-refractivity contribution in [1.29, 1.82) is 0 Å². The molecule has 0 heterocycles. The highest BCUT2D eigenvalue weighted by Crippen LogP contribution is 2.11. The van der Waals surface area contributed by atoms with E-state index >= 15 is 0 Å². The lowest BCUT2D eigenvalue weighted by Crippen LogP contribution is -2.30. The zero-order valence-electron chi connectivity index (χ0n) is 41.4. The molecule has 364 valence electrons. The van der Waals surface area contributed by atoms with Crippen molar-refractivity contribution in [2.75, 3.05) is 13.2 Å². The van der Waals surface area contributed by atoms with Gasteiger partial charge in [-0.3, -0.25) is 14.4 Å². The average molecular weight is 897 g/mol. The van der Waals surface area contributed by atoms with Crippen molar-refractivity contribution >= 4 is 17.9 Å². The Morgan fingerprint density at radius 2 is 0.646 bits per heavy atom. The molecule has 0 N–H and O–H groups in total. The fraction of sp³-hybridized carbons (Fsp3) is 0.576. The van der Waals surface area contributed by atoms with Crippen LogP contribution in [0, 0.1) is 0 Å². The summed E-state index contributed by atoms with van der Waals surface area (Å²) >= 11 is 0. The smallest absolute Gasteiger partial charge is 0.306 e. The summed E-state index contributed by atoms with van der Waals surface area (Å²) in [6, 6.07) is 0. The van der Waals surface area contributed by atoms with Crippen LogP contribution in [-0.4, -0.2) is 37.2 Å². The van der Waals surface area contributed by atoms with Gasteiger partial charge in [0, 0.05) is 19.3 Å². The highest BCUT2D eigenvalue weighted by Gasteiger charge is 2.19. The number of hydrogen-bond acceptors (Lipinski definition) is 6. The molecule has 0 radical (unpaired) electrons. The first-order valence-electron chi connectivity index (χ1n) is 25.7. The zero-order chi connectivity index (χ0) is 47.2. The van der Waals surface area contributed by atoms with Crippen molar-refractivity contribution in [1.82, 2.24) is 0 Å². The predicted octanol–water partition coefficient (Wildman–Crippen LogP) is 17.1. The van der Waals surface area contributed by atoms with E-state index < -0.39 is 6.10 Å². The second-order valence-electron chi connectivity index (χ2n) is 16.3. The van der Waals surface area contributed by atoms with Crippen LogP contribution in [0.2, 0.25) is 0 Å².